The highest BCUT2D eigenvalue weighted by Gasteiger charge is 2.16. The number of hydrogen-bond donors (Lipinski definition) is 0. The van der Waals surface area contributed by atoms with Crippen molar-refractivity contribution < 1.29 is 4.57 Å². The van der Waals surface area contributed by atoms with Crippen molar-refractivity contribution in [3.05, 3.63) is 158 Å². The van der Waals surface area contributed by atoms with Crippen molar-refractivity contribution in [3.63, 3.8) is 0 Å². The van der Waals surface area contributed by atoms with E-state index in [1.807, 2.05) is 54.6 Å². The van der Waals surface area contributed by atoms with Crippen LogP contribution in [0.4, 0.5) is 0 Å². The Kier molecular flexibility index (Phi) is 7.51. The summed E-state index contributed by atoms with van der Waals surface area (Å²) >= 11 is 0. The Morgan fingerprint density at radius 1 is 0.354 bits per heavy atom. The fourth-order valence-electron chi connectivity index (χ4n) is 6.15. The summed E-state index contributed by atoms with van der Waals surface area (Å²) in [5.41, 5.74) is 6.96. The summed E-state index contributed by atoms with van der Waals surface area (Å²) in [5.74, 6) is 1.83. The average molecular weight is 638 g/mol. The van der Waals surface area contributed by atoms with Crippen molar-refractivity contribution in [2.45, 2.75) is 0 Å². The van der Waals surface area contributed by atoms with Gasteiger partial charge in [-0.1, -0.05) is 127 Å². The molecule has 0 aliphatic carbocycles. The van der Waals surface area contributed by atoms with Gasteiger partial charge in [0.15, 0.2) is 17.5 Å². The van der Waals surface area contributed by atoms with Gasteiger partial charge in [0.05, 0.1) is 0 Å². The lowest BCUT2D eigenvalue weighted by Crippen LogP contribution is -2.02. The minimum absolute atomic E-state index is 0.596. The quantitative estimate of drug-likeness (QED) is 0.170. The molecule has 8 rings (SSSR count). The van der Waals surface area contributed by atoms with Crippen LogP contribution >= 0.6 is 7.14 Å². The smallest absolute Gasteiger partial charge is 0.164 e. The first-order valence-corrected chi connectivity index (χ1v) is 18.6. The van der Waals surface area contributed by atoms with Crippen LogP contribution in [0.3, 0.4) is 0 Å². The summed E-state index contributed by atoms with van der Waals surface area (Å²) in [7, 11) is -2.38. The maximum atomic E-state index is 12.8. The predicted octanol–water partition coefficient (Wildman–Crippen LogP) is 10.8. The molecule has 0 fully saturated rings. The van der Waals surface area contributed by atoms with Crippen molar-refractivity contribution in [2.75, 3.05) is 13.3 Å². The first kappa shape index (κ1) is 29.7. The zero-order valence-corrected chi connectivity index (χ0v) is 27.6. The van der Waals surface area contributed by atoms with Crippen LogP contribution in [0.5, 0.6) is 0 Å². The summed E-state index contributed by atoms with van der Waals surface area (Å²) in [4.78, 5) is 15.2. The summed E-state index contributed by atoms with van der Waals surface area (Å²) in [6.45, 7) is 3.61. The topological polar surface area (TPSA) is 55.7 Å². The zero-order valence-electron chi connectivity index (χ0n) is 26.7. The average Bonchev–Trinajstić information content (AvgIpc) is 3.14. The first-order chi connectivity index (χ1) is 23.4. The second-order valence-electron chi connectivity index (χ2n) is 12.5. The predicted molar refractivity (Wildman–Crippen MR) is 201 cm³/mol. The molecule has 1 heterocycles. The number of benzene rings is 7. The van der Waals surface area contributed by atoms with Crippen LogP contribution in [0.15, 0.2) is 158 Å². The van der Waals surface area contributed by atoms with Crippen LogP contribution in [-0.2, 0) is 4.57 Å². The highest BCUT2D eigenvalue weighted by molar-refractivity contribution is 7.70. The van der Waals surface area contributed by atoms with Gasteiger partial charge in [-0.15, -0.1) is 0 Å². The molecule has 48 heavy (non-hydrogen) atoms. The third-order valence-corrected chi connectivity index (χ3v) is 10.3. The minimum atomic E-state index is -2.38. The van der Waals surface area contributed by atoms with Crippen molar-refractivity contribution in [2.24, 2.45) is 0 Å². The van der Waals surface area contributed by atoms with E-state index in [4.69, 9.17) is 15.0 Å². The molecule has 0 saturated heterocycles. The Bertz CT molecular complexity index is 2500. The summed E-state index contributed by atoms with van der Waals surface area (Å²) in [6, 6.07) is 54.3. The maximum absolute atomic E-state index is 12.8. The molecule has 0 bridgehead atoms. The van der Waals surface area contributed by atoms with Crippen molar-refractivity contribution >= 4 is 34.0 Å². The van der Waals surface area contributed by atoms with Gasteiger partial charge in [-0.2, -0.15) is 0 Å². The molecule has 1 aromatic heterocycles. The van der Waals surface area contributed by atoms with Crippen molar-refractivity contribution in [3.8, 4) is 56.4 Å². The van der Waals surface area contributed by atoms with Gasteiger partial charge in [0, 0.05) is 22.0 Å². The van der Waals surface area contributed by atoms with E-state index in [0.717, 1.165) is 49.6 Å². The molecule has 0 aliphatic rings. The van der Waals surface area contributed by atoms with Crippen LogP contribution in [0, 0.1) is 0 Å². The molecule has 8 aromatic rings. The number of rotatable bonds is 6. The fraction of sp³-hybridized carbons (Fsp3) is 0.0465. The second kappa shape index (κ2) is 12.2. The Labute approximate surface area is 280 Å². The van der Waals surface area contributed by atoms with E-state index in [1.165, 1.54) is 16.2 Å². The lowest BCUT2D eigenvalue weighted by Gasteiger charge is -2.14. The molecule has 0 aliphatic heterocycles. The second-order valence-corrected chi connectivity index (χ2v) is 15.7. The highest BCUT2D eigenvalue weighted by atomic mass is 31.2. The van der Waals surface area contributed by atoms with Gasteiger partial charge in [0.25, 0.3) is 0 Å². The van der Waals surface area contributed by atoms with Crippen molar-refractivity contribution in [1.29, 1.82) is 0 Å². The first-order valence-electron chi connectivity index (χ1n) is 16.0. The van der Waals surface area contributed by atoms with Gasteiger partial charge in [-0.05, 0) is 87.5 Å². The maximum Gasteiger partial charge on any atom is 0.164 e. The molecule has 7 aromatic carbocycles. The van der Waals surface area contributed by atoms with E-state index in [0.29, 0.717) is 17.5 Å². The van der Waals surface area contributed by atoms with E-state index < -0.39 is 7.14 Å². The molecule has 0 N–H and O–H groups in total. The lowest BCUT2D eigenvalue weighted by molar-refractivity contribution is 0.588. The Morgan fingerprint density at radius 3 is 1.40 bits per heavy atom. The van der Waals surface area contributed by atoms with Gasteiger partial charge in [-0.3, -0.25) is 0 Å². The number of aromatic nitrogens is 3. The number of nitrogens with zero attached hydrogens (tertiary/aromatic N) is 3. The zero-order chi connectivity index (χ0) is 32.7. The fourth-order valence-corrected chi connectivity index (χ4v) is 7.02. The van der Waals surface area contributed by atoms with E-state index in [9.17, 15) is 4.57 Å². The standard InChI is InChI=1S/C43H32N3OP/c1-48(2,47)40-22-20-31(21-23-40)37-26-38(35-18-16-29-10-6-8-14-33(29)24-35)28-39(27-37)43-45-41(32-12-4-3-5-13-32)44-42(46-43)36-19-17-30-11-7-9-15-34(30)25-36/h3-28H,1-2H3. The number of hydrogen-bond acceptors (Lipinski definition) is 4. The van der Waals surface area contributed by atoms with E-state index in [-0.39, 0.29) is 0 Å². The van der Waals surface area contributed by atoms with E-state index >= 15 is 0 Å². The lowest BCUT2D eigenvalue weighted by atomic mass is 9.94. The molecule has 0 atom stereocenters. The normalized spacial score (nSPS) is 11.6. The molecule has 5 heteroatoms. The number of fused-ring (bicyclic) bond motifs is 2. The van der Waals surface area contributed by atoms with Gasteiger partial charge in [-0.25, -0.2) is 15.0 Å². The van der Waals surface area contributed by atoms with E-state index in [1.54, 1.807) is 13.3 Å². The molecule has 0 saturated carbocycles. The molecule has 0 amide bonds. The Hall–Kier alpha value is -5.70. The van der Waals surface area contributed by atoms with Crippen LogP contribution in [0.2, 0.25) is 0 Å². The third kappa shape index (κ3) is 5.95. The van der Waals surface area contributed by atoms with Gasteiger partial charge >= 0.3 is 0 Å². The SMILES string of the molecule is CP(C)(=O)c1ccc(-c2cc(-c3ccc4ccccc4c3)cc(-c3nc(-c4ccccc4)nc(-c4ccc5ccccc5c4)n3)c2)cc1. The largest absolute Gasteiger partial charge is 0.319 e. The molecule has 230 valence electrons. The van der Waals surface area contributed by atoms with Crippen LogP contribution < -0.4 is 5.30 Å². The molecule has 4 nitrogen and oxygen atoms in total. The summed E-state index contributed by atoms with van der Waals surface area (Å²) in [6.07, 6.45) is 0. The highest BCUT2D eigenvalue weighted by Crippen LogP contribution is 2.37. The minimum Gasteiger partial charge on any atom is -0.319 e. The molecular weight excluding hydrogens is 605 g/mol. The van der Waals surface area contributed by atoms with Gasteiger partial charge in [0.1, 0.15) is 7.14 Å². The Balaban J connectivity index is 1.34. The van der Waals surface area contributed by atoms with Crippen molar-refractivity contribution in [1.82, 2.24) is 15.0 Å². The Morgan fingerprint density at radius 2 is 0.792 bits per heavy atom. The third-order valence-electron chi connectivity index (χ3n) is 8.77. The summed E-state index contributed by atoms with van der Waals surface area (Å²) in [5, 5.41) is 5.54. The monoisotopic (exact) mass is 637 g/mol. The van der Waals surface area contributed by atoms with Gasteiger partial charge in [0.2, 0.25) is 0 Å². The van der Waals surface area contributed by atoms with Crippen LogP contribution in [0.1, 0.15) is 0 Å². The molecule has 0 unspecified atom stereocenters. The van der Waals surface area contributed by atoms with Crippen LogP contribution in [-0.4, -0.2) is 28.3 Å². The van der Waals surface area contributed by atoms with Crippen LogP contribution in [0.25, 0.3) is 78.0 Å². The van der Waals surface area contributed by atoms with Gasteiger partial charge < -0.3 is 4.57 Å². The summed E-state index contributed by atoms with van der Waals surface area (Å²) < 4.78 is 12.8. The van der Waals surface area contributed by atoms with E-state index in [2.05, 4.69) is 103 Å². The molecule has 0 radical (unpaired) electrons. The molecule has 0 spiro atoms. The molecular formula is C43H32N3OP.